The molecule has 44 heavy (non-hydrogen) atoms. The van der Waals surface area contributed by atoms with E-state index in [0.29, 0.717) is 25.0 Å². The molecule has 1 saturated heterocycles. The van der Waals surface area contributed by atoms with Gasteiger partial charge in [0.25, 0.3) is 0 Å². The summed E-state index contributed by atoms with van der Waals surface area (Å²) in [5, 5.41) is 13.2. The summed E-state index contributed by atoms with van der Waals surface area (Å²) in [4.78, 5) is 29.1. The molecule has 2 aromatic rings. The molecule has 6 unspecified atom stereocenters. The number of carbonyl (C=O) groups excluding carboxylic acids is 2. The number of esters is 1. The molecule has 7 heteroatoms. The number of ether oxygens (including phenoxy) is 3. The third kappa shape index (κ3) is 5.39. The third-order valence-corrected chi connectivity index (χ3v) is 11.4. The second-order valence-corrected chi connectivity index (χ2v) is 14.8. The first-order valence-electron chi connectivity index (χ1n) is 16.2. The fraction of sp³-hybridized carbons (Fsp3) is 0.622. The Balaban J connectivity index is 1.56. The lowest BCUT2D eigenvalue weighted by Crippen LogP contribution is -2.54. The van der Waals surface area contributed by atoms with E-state index in [1.807, 2.05) is 70.5 Å². The van der Waals surface area contributed by atoms with Crippen molar-refractivity contribution >= 4 is 22.7 Å². The van der Waals surface area contributed by atoms with Gasteiger partial charge in [-0.1, -0.05) is 63.6 Å². The minimum atomic E-state index is -1.17. The highest BCUT2D eigenvalue weighted by molar-refractivity contribution is 6.06. The number of aryl methyl sites for hydroxylation is 1. The van der Waals surface area contributed by atoms with Crippen molar-refractivity contribution in [2.24, 2.45) is 35.6 Å². The lowest BCUT2D eigenvalue weighted by Gasteiger charge is -2.44. The van der Waals surface area contributed by atoms with Crippen LogP contribution >= 0.6 is 0 Å². The Kier molecular flexibility index (Phi) is 8.58. The summed E-state index contributed by atoms with van der Waals surface area (Å²) >= 11 is 0. The van der Waals surface area contributed by atoms with Crippen molar-refractivity contribution in [3.8, 4) is 0 Å². The Bertz CT molecular complexity index is 1510. The van der Waals surface area contributed by atoms with Crippen LogP contribution in [0.5, 0.6) is 0 Å². The molecule has 0 amide bonds. The number of aliphatic hydroxyl groups excluding tert-OH is 1. The van der Waals surface area contributed by atoms with Crippen LogP contribution in [-0.2, 0) is 26.1 Å². The van der Waals surface area contributed by atoms with E-state index in [9.17, 15) is 9.90 Å². The molecule has 2 heterocycles. The summed E-state index contributed by atoms with van der Waals surface area (Å²) in [5.41, 5.74) is 2.68. The molecule has 1 N–H and O–H groups in total. The summed E-state index contributed by atoms with van der Waals surface area (Å²) in [6.45, 7) is 18.7. The van der Waals surface area contributed by atoms with E-state index >= 15 is 4.79 Å². The Morgan fingerprint density at radius 3 is 2.45 bits per heavy atom. The minimum absolute atomic E-state index is 0.00437. The molecule has 7 nitrogen and oxygen atoms in total. The predicted molar refractivity (Wildman–Crippen MR) is 172 cm³/mol. The van der Waals surface area contributed by atoms with Gasteiger partial charge in [0, 0.05) is 36.0 Å². The number of nitrogens with zero attached hydrogens (tertiary/aromatic N) is 1. The van der Waals surface area contributed by atoms with Crippen molar-refractivity contribution in [2.45, 2.75) is 106 Å². The number of rotatable bonds is 3. The molecule has 1 aromatic heterocycles. The van der Waals surface area contributed by atoms with Gasteiger partial charge in [-0.2, -0.15) is 0 Å². The van der Waals surface area contributed by atoms with Crippen LogP contribution in [0.3, 0.4) is 0 Å². The zero-order chi connectivity index (χ0) is 32.4. The van der Waals surface area contributed by atoms with Gasteiger partial charge in [-0.3, -0.25) is 4.79 Å². The van der Waals surface area contributed by atoms with E-state index in [0.717, 1.165) is 34.2 Å². The van der Waals surface area contributed by atoms with Crippen LogP contribution in [0.25, 0.3) is 10.9 Å². The fourth-order valence-corrected chi connectivity index (χ4v) is 7.95. The topological polar surface area (TPSA) is 87.0 Å². The first-order valence-corrected chi connectivity index (χ1v) is 16.2. The highest BCUT2D eigenvalue weighted by Crippen LogP contribution is 2.55. The fourth-order valence-electron chi connectivity index (χ4n) is 7.95. The smallest absolute Gasteiger partial charge is 0.340 e. The number of hydrogen-bond donors (Lipinski definition) is 1. The summed E-state index contributed by atoms with van der Waals surface area (Å²) in [6, 6.07) is 7.77. The standard InChI is InChI=1S/C37H51NO6/c1-21-15-16-37(33(40)30(17-21)43-34(41)31-24(4)38(10)29-14-12-11-13-27(29)31)23(3)18-22(2)35(6,7)28(32(37)39)19-26-20-42-36(8,9)44-25(26)5/h11-15,19,22-23,25,28,30,33,40H,16-18,20H2,1-10H3/b26-19-/t22?,23-,25?,28?,30?,33?,37?/m1/s1. The lowest BCUT2D eigenvalue weighted by atomic mass is 9.61. The van der Waals surface area contributed by atoms with E-state index in [2.05, 4.69) is 39.8 Å². The van der Waals surface area contributed by atoms with E-state index in [1.54, 1.807) is 0 Å². The summed E-state index contributed by atoms with van der Waals surface area (Å²) in [5.74, 6) is -1.58. The van der Waals surface area contributed by atoms with Crippen molar-refractivity contribution in [3.63, 3.8) is 0 Å². The van der Waals surface area contributed by atoms with Gasteiger partial charge in [0.2, 0.25) is 0 Å². The first kappa shape index (κ1) is 32.6. The molecule has 7 atom stereocenters. The first-order chi connectivity index (χ1) is 20.5. The van der Waals surface area contributed by atoms with Gasteiger partial charge < -0.3 is 23.9 Å². The average molecular weight is 606 g/mol. The van der Waals surface area contributed by atoms with E-state index in [4.69, 9.17) is 14.2 Å². The second-order valence-electron chi connectivity index (χ2n) is 14.8. The minimum Gasteiger partial charge on any atom is -0.456 e. The van der Waals surface area contributed by atoms with Crippen molar-refractivity contribution in [2.75, 3.05) is 6.61 Å². The van der Waals surface area contributed by atoms with Gasteiger partial charge in [0.1, 0.15) is 18.0 Å². The number of aromatic nitrogens is 1. The molecular formula is C37H51NO6. The van der Waals surface area contributed by atoms with Crippen molar-refractivity contribution in [1.29, 1.82) is 0 Å². The molecule has 0 radical (unpaired) electrons. The Labute approximate surface area is 262 Å². The highest BCUT2D eigenvalue weighted by atomic mass is 16.7. The molecule has 1 aliphatic heterocycles. The van der Waals surface area contributed by atoms with Gasteiger partial charge in [-0.15, -0.1) is 0 Å². The molecule has 1 spiro atoms. The number of Topliss-reactive ketones (excluding diaryl/α,β-unsaturated/α-hetero) is 1. The number of hydrogen-bond acceptors (Lipinski definition) is 6. The molecule has 2 fully saturated rings. The molecule has 5 rings (SSSR count). The highest BCUT2D eigenvalue weighted by Gasteiger charge is 2.59. The largest absolute Gasteiger partial charge is 0.456 e. The normalized spacial score (nSPS) is 34.9. The molecule has 2 aliphatic carbocycles. The van der Waals surface area contributed by atoms with Crippen LogP contribution in [0.1, 0.15) is 90.7 Å². The molecular weight excluding hydrogens is 554 g/mol. The van der Waals surface area contributed by atoms with Gasteiger partial charge in [0.15, 0.2) is 5.79 Å². The SMILES string of the molecule is CC1=CCC2(C(=O)C(/C=C3/COC(C)(C)OC3C)C(C)(C)C(C)C[C@H]2C)C(O)C(OC(=O)c2c(C)n(C)c3ccccc23)C1. The average Bonchev–Trinajstić information content (AvgIpc) is 3.10. The predicted octanol–water partition coefficient (Wildman–Crippen LogP) is 7.08. The van der Waals surface area contributed by atoms with E-state index in [-0.39, 0.29) is 29.1 Å². The molecule has 0 bridgehead atoms. The summed E-state index contributed by atoms with van der Waals surface area (Å²) in [7, 11) is 1.94. The van der Waals surface area contributed by atoms with Crippen LogP contribution in [0, 0.1) is 35.5 Å². The van der Waals surface area contributed by atoms with E-state index in [1.165, 1.54) is 0 Å². The Hall–Kier alpha value is -2.74. The van der Waals surface area contributed by atoms with Crippen LogP contribution in [0.4, 0.5) is 0 Å². The van der Waals surface area contributed by atoms with Gasteiger partial charge in [-0.05, 0) is 76.4 Å². The molecule has 1 saturated carbocycles. The van der Waals surface area contributed by atoms with E-state index < -0.39 is 35.3 Å². The zero-order valence-corrected chi connectivity index (χ0v) is 28.2. The quantitative estimate of drug-likeness (QED) is 0.297. The maximum absolute atomic E-state index is 15.1. The number of carbonyl (C=O) groups is 2. The number of fused-ring (bicyclic) bond motifs is 1. The molecule has 240 valence electrons. The zero-order valence-electron chi connectivity index (χ0n) is 28.2. The van der Waals surface area contributed by atoms with Crippen molar-refractivity contribution in [3.05, 3.63) is 58.8 Å². The number of para-hydroxylation sites is 1. The van der Waals surface area contributed by atoms with Gasteiger partial charge in [0.05, 0.1) is 23.7 Å². The maximum Gasteiger partial charge on any atom is 0.340 e. The van der Waals surface area contributed by atoms with Crippen LogP contribution in [-0.4, -0.2) is 52.1 Å². The summed E-state index contributed by atoms with van der Waals surface area (Å²) < 4.78 is 20.4. The Morgan fingerprint density at radius 1 is 1.09 bits per heavy atom. The van der Waals surface area contributed by atoms with Gasteiger partial charge >= 0.3 is 5.97 Å². The Morgan fingerprint density at radius 2 is 1.77 bits per heavy atom. The van der Waals surface area contributed by atoms with Crippen molar-refractivity contribution < 1.29 is 28.9 Å². The lowest BCUT2D eigenvalue weighted by molar-refractivity contribution is -0.248. The molecule has 1 aromatic carbocycles. The second kappa shape index (κ2) is 11.6. The number of benzene rings is 1. The van der Waals surface area contributed by atoms with Gasteiger partial charge in [-0.25, -0.2) is 4.79 Å². The number of ketones is 1. The van der Waals surface area contributed by atoms with Crippen molar-refractivity contribution in [1.82, 2.24) is 4.57 Å². The molecule has 3 aliphatic rings. The summed E-state index contributed by atoms with van der Waals surface area (Å²) in [6.07, 6.45) is 3.45. The number of aliphatic hydroxyl groups is 1. The van der Waals surface area contributed by atoms with Crippen LogP contribution < -0.4 is 0 Å². The third-order valence-electron chi connectivity index (χ3n) is 11.4. The maximum atomic E-state index is 15.1. The van der Waals surface area contributed by atoms with Crippen LogP contribution in [0.15, 0.2) is 47.6 Å². The monoisotopic (exact) mass is 605 g/mol. The van der Waals surface area contributed by atoms with Crippen LogP contribution in [0.2, 0.25) is 0 Å². The number of allylic oxidation sites excluding steroid dienone is 2.